The quantitative estimate of drug-likeness (QED) is 0.270. The van der Waals surface area contributed by atoms with Crippen molar-refractivity contribution in [2.75, 3.05) is 13.2 Å². The van der Waals surface area contributed by atoms with Gasteiger partial charge < -0.3 is 28.4 Å². The number of unbranched alkanes of at least 4 members (excludes halogenated alkanes) is 3. The molecule has 0 bridgehead atoms. The fourth-order valence-corrected chi connectivity index (χ4v) is 3.06. The molecule has 0 aliphatic carbocycles. The summed E-state index contributed by atoms with van der Waals surface area (Å²) in [5.41, 5.74) is 0. The third kappa shape index (κ3) is 9.08. The molecule has 0 amide bonds. The number of esters is 4. The first kappa shape index (κ1) is 25.8. The van der Waals surface area contributed by atoms with Crippen LogP contribution in [0.2, 0.25) is 0 Å². The number of hydrogen-bond donors (Lipinski definition) is 0. The SMILES string of the molecule is CCCCCCO[C@@H]1[C@@H](OC(C)=O)[C@H](OC(C)=O)O[C@H](COC(C)=O)[C@H]1OC(C)=O. The van der Waals surface area contributed by atoms with Gasteiger partial charge in [0.1, 0.15) is 18.8 Å². The van der Waals surface area contributed by atoms with E-state index in [0.29, 0.717) is 6.61 Å². The van der Waals surface area contributed by atoms with Crippen LogP contribution in [0.25, 0.3) is 0 Å². The molecule has 10 nitrogen and oxygen atoms in total. The first-order chi connectivity index (χ1) is 14.1. The second-order valence-electron chi connectivity index (χ2n) is 7.00. The average Bonchev–Trinajstić information content (AvgIpc) is 2.62. The molecule has 1 heterocycles. The topological polar surface area (TPSA) is 124 Å². The monoisotopic (exact) mass is 432 g/mol. The van der Waals surface area contributed by atoms with Gasteiger partial charge >= 0.3 is 23.9 Å². The third-order valence-electron chi connectivity index (χ3n) is 4.24. The lowest BCUT2D eigenvalue weighted by Gasteiger charge is -2.44. The summed E-state index contributed by atoms with van der Waals surface area (Å²) in [6.45, 7) is 6.90. The summed E-state index contributed by atoms with van der Waals surface area (Å²) in [4.78, 5) is 46.2. The predicted molar refractivity (Wildman–Crippen MR) is 102 cm³/mol. The molecule has 0 unspecified atom stereocenters. The van der Waals surface area contributed by atoms with Gasteiger partial charge in [0.2, 0.25) is 6.29 Å². The van der Waals surface area contributed by atoms with E-state index >= 15 is 0 Å². The molecule has 0 spiro atoms. The second-order valence-corrected chi connectivity index (χ2v) is 7.00. The van der Waals surface area contributed by atoms with Crippen LogP contribution in [0.4, 0.5) is 0 Å². The van der Waals surface area contributed by atoms with Crippen molar-refractivity contribution < 1.29 is 47.6 Å². The summed E-state index contributed by atoms with van der Waals surface area (Å²) in [5.74, 6) is -2.51. The van der Waals surface area contributed by atoms with Gasteiger partial charge in [0, 0.05) is 34.3 Å². The minimum atomic E-state index is -1.32. The summed E-state index contributed by atoms with van der Waals surface area (Å²) in [6, 6.07) is 0. The highest BCUT2D eigenvalue weighted by molar-refractivity contribution is 5.68. The van der Waals surface area contributed by atoms with Crippen molar-refractivity contribution in [3.05, 3.63) is 0 Å². The van der Waals surface area contributed by atoms with Gasteiger partial charge in [0.15, 0.2) is 12.2 Å². The fourth-order valence-electron chi connectivity index (χ4n) is 3.06. The Hall–Kier alpha value is -2.20. The molecule has 0 radical (unpaired) electrons. The van der Waals surface area contributed by atoms with Crippen molar-refractivity contribution >= 4 is 23.9 Å². The molecular weight excluding hydrogens is 400 g/mol. The van der Waals surface area contributed by atoms with E-state index in [0.717, 1.165) is 25.7 Å². The van der Waals surface area contributed by atoms with Gasteiger partial charge in [-0.1, -0.05) is 26.2 Å². The Kier molecular flexibility index (Phi) is 11.3. The molecule has 0 aromatic rings. The maximum Gasteiger partial charge on any atom is 0.305 e. The first-order valence-electron chi connectivity index (χ1n) is 10.1. The lowest BCUT2D eigenvalue weighted by molar-refractivity contribution is -0.304. The Morgan fingerprint density at radius 1 is 0.733 bits per heavy atom. The van der Waals surface area contributed by atoms with Crippen LogP contribution in [-0.2, 0) is 47.6 Å². The van der Waals surface area contributed by atoms with E-state index in [1.807, 2.05) is 0 Å². The fraction of sp³-hybridized carbons (Fsp3) is 0.800. The molecule has 1 aliphatic heterocycles. The van der Waals surface area contributed by atoms with E-state index in [-0.39, 0.29) is 6.61 Å². The summed E-state index contributed by atoms with van der Waals surface area (Å²) >= 11 is 0. The highest BCUT2D eigenvalue weighted by Gasteiger charge is 2.52. The predicted octanol–water partition coefficient (Wildman–Crippen LogP) is 1.67. The van der Waals surface area contributed by atoms with E-state index in [1.165, 1.54) is 27.7 Å². The molecule has 0 aromatic carbocycles. The van der Waals surface area contributed by atoms with Gasteiger partial charge in [-0.15, -0.1) is 0 Å². The number of rotatable bonds is 11. The lowest BCUT2D eigenvalue weighted by Crippen LogP contribution is -2.62. The molecular formula is C20H32O10. The van der Waals surface area contributed by atoms with Gasteiger partial charge in [-0.25, -0.2) is 0 Å². The zero-order valence-electron chi connectivity index (χ0n) is 18.2. The van der Waals surface area contributed by atoms with Crippen molar-refractivity contribution in [3.8, 4) is 0 Å². The summed E-state index contributed by atoms with van der Waals surface area (Å²) in [7, 11) is 0. The largest absolute Gasteiger partial charge is 0.463 e. The minimum absolute atomic E-state index is 0.270. The minimum Gasteiger partial charge on any atom is -0.463 e. The van der Waals surface area contributed by atoms with Crippen LogP contribution in [-0.4, -0.2) is 67.8 Å². The van der Waals surface area contributed by atoms with Crippen molar-refractivity contribution in [1.29, 1.82) is 0 Å². The molecule has 0 saturated carbocycles. The van der Waals surface area contributed by atoms with Crippen LogP contribution in [0, 0.1) is 0 Å². The highest BCUT2D eigenvalue weighted by Crippen LogP contribution is 2.30. The van der Waals surface area contributed by atoms with Gasteiger partial charge in [-0.05, 0) is 6.42 Å². The lowest BCUT2D eigenvalue weighted by atomic mass is 9.98. The number of carbonyl (C=O) groups excluding carboxylic acids is 4. The van der Waals surface area contributed by atoms with E-state index in [2.05, 4.69) is 6.92 Å². The van der Waals surface area contributed by atoms with Crippen LogP contribution >= 0.6 is 0 Å². The highest BCUT2D eigenvalue weighted by atomic mass is 16.7. The Morgan fingerprint density at radius 2 is 1.33 bits per heavy atom. The molecule has 5 atom stereocenters. The Labute approximate surface area is 176 Å². The zero-order chi connectivity index (χ0) is 22.7. The van der Waals surface area contributed by atoms with Crippen molar-refractivity contribution in [2.45, 2.75) is 91.0 Å². The van der Waals surface area contributed by atoms with Crippen molar-refractivity contribution in [1.82, 2.24) is 0 Å². The van der Waals surface area contributed by atoms with Crippen molar-refractivity contribution in [2.24, 2.45) is 0 Å². The number of ether oxygens (including phenoxy) is 6. The van der Waals surface area contributed by atoms with Gasteiger partial charge in [0.05, 0.1) is 0 Å². The molecule has 1 rings (SSSR count). The molecule has 1 fully saturated rings. The Bertz CT molecular complexity index is 590. The second kappa shape index (κ2) is 13.2. The maximum absolute atomic E-state index is 11.7. The van der Waals surface area contributed by atoms with Gasteiger partial charge in [-0.2, -0.15) is 0 Å². The van der Waals surface area contributed by atoms with Gasteiger partial charge in [0.25, 0.3) is 0 Å². The molecule has 1 aliphatic rings. The van der Waals surface area contributed by atoms with Gasteiger partial charge in [-0.3, -0.25) is 19.2 Å². The summed E-state index contributed by atoms with van der Waals surface area (Å²) in [5, 5.41) is 0. The van der Waals surface area contributed by atoms with E-state index < -0.39 is 54.6 Å². The van der Waals surface area contributed by atoms with Crippen LogP contribution in [0.1, 0.15) is 60.3 Å². The smallest absolute Gasteiger partial charge is 0.305 e. The van der Waals surface area contributed by atoms with E-state index in [1.54, 1.807) is 0 Å². The maximum atomic E-state index is 11.7. The average molecular weight is 432 g/mol. The van der Waals surface area contributed by atoms with E-state index in [4.69, 9.17) is 28.4 Å². The molecule has 0 aromatic heterocycles. The normalized spacial score (nSPS) is 25.8. The third-order valence-corrected chi connectivity index (χ3v) is 4.24. The van der Waals surface area contributed by atoms with Crippen molar-refractivity contribution in [3.63, 3.8) is 0 Å². The Morgan fingerprint density at radius 3 is 1.87 bits per heavy atom. The molecule has 10 heteroatoms. The molecule has 172 valence electrons. The Balaban J connectivity index is 3.16. The number of carbonyl (C=O) groups is 4. The molecule has 0 N–H and O–H groups in total. The molecule has 1 saturated heterocycles. The molecule has 30 heavy (non-hydrogen) atoms. The van der Waals surface area contributed by atoms with Crippen LogP contribution < -0.4 is 0 Å². The van der Waals surface area contributed by atoms with Crippen LogP contribution in [0.5, 0.6) is 0 Å². The standard InChI is InChI=1S/C20H32O10/c1-6-7-8-9-10-25-18-17(27-13(3)22)16(11-26-12(2)21)30-20(29-15(5)24)19(18)28-14(4)23/h16-20H,6-11H2,1-5H3/t16-,17-,18+,19-,20-/m1/s1. The summed E-state index contributed by atoms with van der Waals surface area (Å²) in [6.07, 6.45) is -1.78. The summed E-state index contributed by atoms with van der Waals surface area (Å²) < 4.78 is 32.5. The zero-order valence-corrected chi connectivity index (χ0v) is 18.2. The number of hydrogen-bond acceptors (Lipinski definition) is 10. The first-order valence-corrected chi connectivity index (χ1v) is 10.1. The van der Waals surface area contributed by atoms with E-state index in [9.17, 15) is 19.2 Å². The van der Waals surface area contributed by atoms with Crippen LogP contribution in [0.15, 0.2) is 0 Å². The van der Waals surface area contributed by atoms with Crippen LogP contribution in [0.3, 0.4) is 0 Å².